The number of hydrogen-bond donors (Lipinski definition) is 6. The molecule has 3 aromatic rings. The smallest absolute Gasteiger partial charge is 0.224 e. The number of nitrogens with zero attached hydrogens (tertiary/aromatic N) is 4. The number of fused-ring (bicyclic) bond motifs is 1. The van der Waals surface area contributed by atoms with Crippen LogP contribution in [0.15, 0.2) is 41.8 Å². The van der Waals surface area contributed by atoms with Crippen LogP contribution in [0, 0.1) is 4.78 Å². The Morgan fingerprint density at radius 3 is 2.62 bits per heavy atom. The number of phenolic OH excluding ortho intramolecular Hbond substituents is 1. The third-order valence-corrected chi connectivity index (χ3v) is 9.04. The number of aliphatic hydroxyl groups excluding tert-OH is 2. The van der Waals surface area contributed by atoms with Gasteiger partial charge in [0, 0.05) is 6.54 Å². The predicted molar refractivity (Wildman–Crippen MR) is 121 cm³/mol. The van der Waals surface area contributed by atoms with E-state index in [0.717, 1.165) is 0 Å². The van der Waals surface area contributed by atoms with Crippen molar-refractivity contribution >= 4 is 36.7 Å². The molecule has 3 unspecified atom stereocenters. The molecule has 14 nitrogen and oxygen atoms in total. The van der Waals surface area contributed by atoms with Crippen LogP contribution in [0.2, 0.25) is 0 Å². The number of aliphatic hydroxyl groups is 2. The lowest BCUT2D eigenvalue weighted by molar-refractivity contribution is -0.105. The molecule has 0 saturated carbocycles. The van der Waals surface area contributed by atoms with Gasteiger partial charge in [0.05, 0.1) is 27.6 Å². The zero-order valence-corrected chi connectivity index (χ0v) is 19.6. The minimum Gasteiger partial charge on any atom is -0.507 e. The summed E-state index contributed by atoms with van der Waals surface area (Å²) in [5, 5.41) is 28.2. The average molecular weight is 516 g/mol. The van der Waals surface area contributed by atoms with Gasteiger partial charge in [-0.3, -0.25) is 4.57 Å². The molecule has 0 spiro atoms. The molecule has 186 valence electrons. The van der Waals surface area contributed by atoms with Crippen LogP contribution in [0.3, 0.4) is 0 Å². The highest BCUT2D eigenvalue weighted by Gasteiger charge is 2.28. The Hall–Kier alpha value is -2.89. The fourth-order valence-corrected chi connectivity index (χ4v) is 6.83. The van der Waals surface area contributed by atoms with Gasteiger partial charge in [0.2, 0.25) is 10.0 Å². The summed E-state index contributed by atoms with van der Waals surface area (Å²) in [6.07, 6.45) is -0.915. The lowest BCUT2D eigenvalue weighted by atomic mass is 10.2. The van der Waals surface area contributed by atoms with Crippen molar-refractivity contribution in [3.63, 3.8) is 0 Å². The second kappa shape index (κ2) is 10.2. The Kier molecular flexibility index (Phi) is 7.69. The van der Waals surface area contributed by atoms with Gasteiger partial charge in [0.25, 0.3) is 0 Å². The molecule has 16 heteroatoms. The third-order valence-electron chi connectivity index (χ3n) is 4.81. The Morgan fingerprint density at radius 1 is 1.24 bits per heavy atom. The Morgan fingerprint density at radius 2 is 1.94 bits per heavy atom. The average Bonchev–Trinajstić information content (AvgIpc) is 3.21. The predicted octanol–water partition coefficient (Wildman–Crippen LogP) is -0.646. The number of nitrogen functional groups attached to an aromatic ring is 1. The molecule has 0 aliphatic carbocycles. The van der Waals surface area contributed by atoms with Crippen LogP contribution in [0.4, 0.5) is 5.82 Å². The highest BCUT2D eigenvalue weighted by molar-refractivity contribution is 8.07. The molecule has 4 atom stereocenters. The molecule has 2 heterocycles. The van der Waals surface area contributed by atoms with Gasteiger partial charge in [-0.2, -0.15) is 0 Å². The third kappa shape index (κ3) is 5.78. The van der Waals surface area contributed by atoms with Crippen molar-refractivity contribution in [2.75, 3.05) is 24.0 Å². The van der Waals surface area contributed by atoms with Crippen LogP contribution in [-0.4, -0.2) is 77.9 Å². The van der Waals surface area contributed by atoms with Gasteiger partial charge in [0.1, 0.15) is 36.0 Å². The number of phenols is 1. The normalized spacial score (nSPS) is 16.7. The van der Waals surface area contributed by atoms with Crippen molar-refractivity contribution < 1.29 is 32.7 Å². The lowest BCUT2D eigenvalue weighted by Crippen LogP contribution is -2.44. The molecule has 0 amide bonds. The minimum atomic E-state index is -4.32. The van der Waals surface area contributed by atoms with Crippen LogP contribution in [-0.2, 0) is 24.5 Å². The van der Waals surface area contributed by atoms with E-state index in [4.69, 9.17) is 15.3 Å². The summed E-state index contributed by atoms with van der Waals surface area (Å²) in [4.78, 5) is 11.7. The number of benzene rings is 1. The Balaban J connectivity index is 1.73. The second-order valence-electron chi connectivity index (χ2n) is 7.33. The van der Waals surface area contributed by atoms with Gasteiger partial charge in [0.15, 0.2) is 16.5 Å². The van der Waals surface area contributed by atoms with E-state index < -0.39 is 62.2 Å². The van der Waals surface area contributed by atoms with E-state index in [0.29, 0.717) is 11.2 Å². The molecule has 0 aliphatic heterocycles. The summed E-state index contributed by atoms with van der Waals surface area (Å²) in [5.74, 6) is -0.306. The van der Waals surface area contributed by atoms with Crippen LogP contribution >= 0.6 is 0 Å². The monoisotopic (exact) mass is 515 g/mol. The summed E-state index contributed by atoms with van der Waals surface area (Å²) in [6.45, 7) is 0.347. The number of para-hydroxylation sites is 1. The summed E-state index contributed by atoms with van der Waals surface area (Å²) >= 11 is 0. The van der Waals surface area contributed by atoms with Crippen molar-refractivity contribution in [2.45, 2.75) is 30.3 Å². The van der Waals surface area contributed by atoms with Gasteiger partial charge in [-0.25, -0.2) is 37.1 Å². The molecule has 0 aliphatic rings. The maximum atomic E-state index is 12.7. The highest BCUT2D eigenvalue weighted by Crippen LogP contribution is 2.24. The standard InChI is InChI=1S/C18H25N7O7S2/c1-11(25-9-23-16-17(19)21-8-22-18(16)25)32-14(13(28)7-26)6-24-34(30,31)10-33(20,29)15-5-3-2-4-12(15)27/h2-5,8-9,11,13-14,20,24,26-28H,6-7,10H2,1H3,(H2,19,21,22)/t11?,13?,14-,33?/m1/s1. The van der Waals surface area contributed by atoms with Gasteiger partial charge in [-0.15, -0.1) is 0 Å². The minimum absolute atomic E-state index is 0.152. The van der Waals surface area contributed by atoms with E-state index in [1.807, 2.05) is 0 Å². The van der Waals surface area contributed by atoms with E-state index in [1.54, 1.807) is 6.92 Å². The first-order chi connectivity index (χ1) is 15.9. The summed E-state index contributed by atoms with van der Waals surface area (Å²) in [6, 6.07) is 5.27. The number of imidazole rings is 1. The van der Waals surface area contributed by atoms with Crippen molar-refractivity contribution in [1.29, 1.82) is 4.78 Å². The fraction of sp³-hybridized carbons (Fsp3) is 0.389. The van der Waals surface area contributed by atoms with Crippen molar-refractivity contribution in [3.05, 3.63) is 36.9 Å². The number of ether oxygens (including phenoxy) is 1. The van der Waals surface area contributed by atoms with Gasteiger partial charge >= 0.3 is 0 Å². The van der Waals surface area contributed by atoms with Gasteiger partial charge in [-0.1, -0.05) is 12.1 Å². The quantitative estimate of drug-likeness (QED) is 0.188. The summed E-state index contributed by atoms with van der Waals surface area (Å²) in [5.41, 5.74) is 6.43. The van der Waals surface area contributed by atoms with E-state index in [-0.39, 0.29) is 10.7 Å². The first-order valence-corrected chi connectivity index (χ1v) is 13.2. The number of rotatable bonds is 11. The zero-order chi connectivity index (χ0) is 25.1. The fourth-order valence-electron chi connectivity index (χ4n) is 3.12. The van der Waals surface area contributed by atoms with Crippen LogP contribution in [0.25, 0.3) is 11.2 Å². The summed E-state index contributed by atoms with van der Waals surface area (Å²) < 4.78 is 55.1. The Bertz CT molecular complexity index is 1360. The molecular weight excluding hydrogens is 490 g/mol. The molecule has 0 fully saturated rings. The largest absolute Gasteiger partial charge is 0.507 e. The number of nitrogens with two attached hydrogens (primary N) is 1. The molecule has 7 N–H and O–H groups in total. The van der Waals surface area contributed by atoms with E-state index in [1.165, 1.54) is 41.5 Å². The van der Waals surface area contributed by atoms with Crippen LogP contribution < -0.4 is 10.5 Å². The highest BCUT2D eigenvalue weighted by atomic mass is 32.3. The maximum absolute atomic E-state index is 12.7. The summed E-state index contributed by atoms with van der Waals surface area (Å²) in [7, 11) is -8.22. The number of nitrogens with one attached hydrogen (secondary N) is 2. The van der Waals surface area contributed by atoms with Crippen molar-refractivity contribution in [1.82, 2.24) is 24.2 Å². The van der Waals surface area contributed by atoms with Crippen LogP contribution in [0.1, 0.15) is 13.2 Å². The van der Waals surface area contributed by atoms with E-state index in [2.05, 4.69) is 19.7 Å². The van der Waals surface area contributed by atoms with Crippen LogP contribution in [0.5, 0.6) is 5.75 Å². The SMILES string of the molecule is CC(O[C@H](CNS(=O)(=O)CS(=N)(=O)c1ccccc1O)C(O)CO)n1cnc2c(N)ncnc21. The number of hydrogen-bond acceptors (Lipinski definition) is 12. The molecule has 1 aromatic carbocycles. The maximum Gasteiger partial charge on any atom is 0.224 e. The first-order valence-electron chi connectivity index (χ1n) is 9.84. The second-order valence-corrected chi connectivity index (χ2v) is 11.6. The van der Waals surface area contributed by atoms with Gasteiger partial charge in [-0.05, 0) is 19.1 Å². The number of aromatic nitrogens is 4. The van der Waals surface area contributed by atoms with E-state index in [9.17, 15) is 27.9 Å². The topological polar surface area (TPSA) is 227 Å². The van der Waals surface area contributed by atoms with Crippen molar-refractivity contribution in [2.24, 2.45) is 0 Å². The first kappa shape index (κ1) is 25.7. The Labute approximate surface area is 195 Å². The molecule has 34 heavy (non-hydrogen) atoms. The van der Waals surface area contributed by atoms with E-state index >= 15 is 0 Å². The molecule has 0 saturated heterocycles. The number of sulfonamides is 1. The zero-order valence-electron chi connectivity index (χ0n) is 18.0. The molecule has 2 aromatic heterocycles. The molecule has 0 radical (unpaired) electrons. The van der Waals surface area contributed by atoms with Crippen molar-refractivity contribution in [3.8, 4) is 5.75 Å². The molecular formula is C18H25N7O7S2. The molecule has 3 rings (SSSR count). The van der Waals surface area contributed by atoms with Gasteiger partial charge < -0.3 is 25.8 Å². The number of aromatic hydroxyl groups is 1. The lowest BCUT2D eigenvalue weighted by Gasteiger charge is -2.26. The number of anilines is 1. The molecule has 0 bridgehead atoms.